The van der Waals surface area contributed by atoms with Gasteiger partial charge >= 0.3 is 0 Å². The van der Waals surface area contributed by atoms with Crippen LogP contribution in [0.3, 0.4) is 0 Å². The zero-order valence-corrected chi connectivity index (χ0v) is 12.2. The van der Waals surface area contributed by atoms with Crippen molar-refractivity contribution in [2.75, 3.05) is 16.8 Å². The summed E-state index contributed by atoms with van der Waals surface area (Å²) in [6.45, 7) is 0. The molecular weight excluding hydrogens is 292 g/mol. The Hall–Kier alpha value is -1.89. The fraction of sp³-hybridized carbons (Fsp3) is 0.429. The third kappa shape index (κ3) is 3.24. The molecular formula is C14H16N2O4S. The Balaban J connectivity index is 1.61. The molecule has 1 fully saturated rings. The topological polar surface area (TPSA) is 92.3 Å². The molecule has 7 heteroatoms. The van der Waals surface area contributed by atoms with Gasteiger partial charge in [0.05, 0.1) is 24.3 Å². The maximum absolute atomic E-state index is 12.0. The molecule has 2 aliphatic rings. The zero-order chi connectivity index (χ0) is 15.0. The smallest absolute Gasteiger partial charge is 0.228 e. The summed E-state index contributed by atoms with van der Waals surface area (Å²) in [6.07, 6.45) is 1.01. The highest BCUT2D eigenvalue weighted by Gasteiger charge is 2.28. The van der Waals surface area contributed by atoms with Crippen LogP contribution in [-0.2, 0) is 32.3 Å². The number of hydrogen-bond acceptors (Lipinski definition) is 4. The quantitative estimate of drug-likeness (QED) is 0.824. The van der Waals surface area contributed by atoms with Crippen LogP contribution >= 0.6 is 0 Å². The first-order chi connectivity index (χ1) is 9.91. The van der Waals surface area contributed by atoms with Gasteiger partial charge in [-0.3, -0.25) is 9.59 Å². The molecule has 21 heavy (non-hydrogen) atoms. The molecule has 112 valence electrons. The van der Waals surface area contributed by atoms with Gasteiger partial charge in [-0.1, -0.05) is 12.1 Å². The molecule has 0 aliphatic carbocycles. The van der Waals surface area contributed by atoms with E-state index in [1.54, 1.807) is 12.1 Å². The predicted molar refractivity (Wildman–Crippen MR) is 77.7 cm³/mol. The second-order valence-corrected chi connectivity index (χ2v) is 7.79. The molecule has 0 radical (unpaired) electrons. The molecule has 1 saturated heterocycles. The minimum Gasteiger partial charge on any atom is -0.352 e. The monoisotopic (exact) mass is 308 g/mol. The highest BCUT2D eigenvalue weighted by atomic mass is 32.2. The number of nitrogens with one attached hydrogen (secondary N) is 2. The Kier molecular flexibility index (Phi) is 3.44. The second kappa shape index (κ2) is 5.14. The van der Waals surface area contributed by atoms with E-state index < -0.39 is 9.84 Å². The van der Waals surface area contributed by atoms with Gasteiger partial charge < -0.3 is 10.6 Å². The summed E-state index contributed by atoms with van der Waals surface area (Å²) in [6, 6.07) is 5.16. The number of rotatable bonds is 3. The van der Waals surface area contributed by atoms with Crippen LogP contribution in [0.15, 0.2) is 18.2 Å². The highest BCUT2D eigenvalue weighted by molar-refractivity contribution is 7.91. The van der Waals surface area contributed by atoms with Gasteiger partial charge in [0, 0.05) is 11.7 Å². The van der Waals surface area contributed by atoms with Crippen LogP contribution in [0.25, 0.3) is 0 Å². The van der Waals surface area contributed by atoms with Gasteiger partial charge in [0.2, 0.25) is 11.8 Å². The van der Waals surface area contributed by atoms with Crippen LogP contribution in [0.4, 0.5) is 5.69 Å². The maximum Gasteiger partial charge on any atom is 0.228 e. The van der Waals surface area contributed by atoms with Crippen LogP contribution < -0.4 is 10.6 Å². The number of carbonyl (C=O) groups excluding carboxylic acids is 2. The number of fused-ring (bicyclic) bond motifs is 1. The third-order valence-corrected chi connectivity index (χ3v) is 5.52. The van der Waals surface area contributed by atoms with Gasteiger partial charge in [0.1, 0.15) is 0 Å². The summed E-state index contributed by atoms with van der Waals surface area (Å²) >= 11 is 0. The van der Waals surface area contributed by atoms with Crippen molar-refractivity contribution in [1.29, 1.82) is 0 Å². The number of anilines is 1. The standard InChI is InChI=1S/C14H16N2O4S/c17-13(15-11-3-4-21(19,20)8-11)6-9-1-2-12-10(5-9)7-14(18)16-12/h1-2,5,11H,3-4,6-8H2,(H,15,17)(H,16,18). The van der Waals surface area contributed by atoms with Crippen molar-refractivity contribution in [2.24, 2.45) is 0 Å². The summed E-state index contributed by atoms with van der Waals surface area (Å²) in [5, 5.41) is 5.50. The number of benzene rings is 1. The molecule has 6 nitrogen and oxygen atoms in total. The second-order valence-electron chi connectivity index (χ2n) is 5.56. The molecule has 2 heterocycles. The number of amides is 2. The minimum atomic E-state index is -2.99. The van der Waals surface area contributed by atoms with Crippen molar-refractivity contribution in [2.45, 2.75) is 25.3 Å². The van der Waals surface area contributed by atoms with E-state index in [1.807, 2.05) is 6.07 Å². The van der Waals surface area contributed by atoms with Gasteiger partial charge in [-0.15, -0.1) is 0 Å². The fourth-order valence-corrected chi connectivity index (χ4v) is 4.44. The molecule has 0 saturated carbocycles. The van der Waals surface area contributed by atoms with E-state index in [9.17, 15) is 18.0 Å². The van der Waals surface area contributed by atoms with Crippen molar-refractivity contribution in [3.8, 4) is 0 Å². The lowest BCUT2D eigenvalue weighted by Gasteiger charge is -2.11. The normalized spacial score (nSPS) is 22.7. The fourth-order valence-electron chi connectivity index (χ4n) is 2.77. The molecule has 2 amide bonds. The molecule has 0 aromatic heterocycles. The van der Waals surface area contributed by atoms with Crippen molar-refractivity contribution in [3.63, 3.8) is 0 Å². The summed E-state index contributed by atoms with van der Waals surface area (Å²) in [7, 11) is -2.99. The molecule has 0 bridgehead atoms. The van der Waals surface area contributed by atoms with Gasteiger partial charge in [-0.2, -0.15) is 0 Å². The molecule has 1 atom stereocenters. The number of sulfone groups is 1. The van der Waals surface area contributed by atoms with Crippen molar-refractivity contribution >= 4 is 27.3 Å². The molecule has 1 aromatic carbocycles. The van der Waals surface area contributed by atoms with Crippen LogP contribution in [-0.4, -0.2) is 37.8 Å². The molecule has 1 aromatic rings. The van der Waals surface area contributed by atoms with Gasteiger partial charge in [-0.05, 0) is 23.6 Å². The Morgan fingerprint density at radius 1 is 1.38 bits per heavy atom. The predicted octanol–water partition coefficient (Wildman–Crippen LogP) is 0.0270. The van der Waals surface area contributed by atoms with E-state index in [0.29, 0.717) is 12.8 Å². The van der Waals surface area contributed by atoms with Gasteiger partial charge in [-0.25, -0.2) is 8.42 Å². The summed E-state index contributed by atoms with van der Waals surface area (Å²) < 4.78 is 22.7. The van der Waals surface area contributed by atoms with E-state index in [0.717, 1.165) is 16.8 Å². The lowest BCUT2D eigenvalue weighted by Crippen LogP contribution is -2.36. The zero-order valence-electron chi connectivity index (χ0n) is 11.4. The molecule has 0 spiro atoms. The average Bonchev–Trinajstić information content (AvgIpc) is 2.90. The van der Waals surface area contributed by atoms with Crippen LogP contribution in [0.2, 0.25) is 0 Å². The average molecular weight is 308 g/mol. The number of hydrogen-bond donors (Lipinski definition) is 2. The Bertz CT molecular complexity index is 712. The third-order valence-electron chi connectivity index (χ3n) is 3.76. The van der Waals surface area contributed by atoms with Crippen molar-refractivity contribution in [3.05, 3.63) is 29.3 Å². The van der Waals surface area contributed by atoms with E-state index >= 15 is 0 Å². The first kappa shape index (κ1) is 14.1. The molecule has 1 unspecified atom stereocenters. The Labute approximate surface area is 122 Å². The summed E-state index contributed by atoms with van der Waals surface area (Å²) in [5.41, 5.74) is 2.52. The minimum absolute atomic E-state index is 0.0291. The van der Waals surface area contributed by atoms with Crippen LogP contribution in [0, 0.1) is 0 Å². The maximum atomic E-state index is 12.0. The van der Waals surface area contributed by atoms with E-state index in [1.165, 1.54) is 0 Å². The van der Waals surface area contributed by atoms with Crippen LogP contribution in [0.5, 0.6) is 0 Å². The number of carbonyl (C=O) groups is 2. The Morgan fingerprint density at radius 2 is 2.19 bits per heavy atom. The molecule has 3 rings (SSSR count). The van der Waals surface area contributed by atoms with Crippen molar-refractivity contribution in [1.82, 2.24) is 5.32 Å². The molecule has 2 N–H and O–H groups in total. The summed E-state index contributed by atoms with van der Waals surface area (Å²) in [5.74, 6) is -0.0524. The van der Waals surface area contributed by atoms with Crippen LogP contribution in [0.1, 0.15) is 17.5 Å². The first-order valence-electron chi connectivity index (χ1n) is 6.83. The van der Waals surface area contributed by atoms with E-state index in [-0.39, 0.29) is 35.8 Å². The summed E-state index contributed by atoms with van der Waals surface area (Å²) in [4.78, 5) is 23.2. The first-order valence-corrected chi connectivity index (χ1v) is 8.65. The lowest BCUT2D eigenvalue weighted by molar-refractivity contribution is -0.121. The van der Waals surface area contributed by atoms with Gasteiger partial charge in [0.25, 0.3) is 0 Å². The highest BCUT2D eigenvalue weighted by Crippen LogP contribution is 2.24. The van der Waals surface area contributed by atoms with Crippen molar-refractivity contribution < 1.29 is 18.0 Å². The van der Waals surface area contributed by atoms with E-state index in [4.69, 9.17) is 0 Å². The SMILES string of the molecule is O=C1Cc2cc(CC(=O)NC3CCS(=O)(=O)C3)ccc2N1. The largest absolute Gasteiger partial charge is 0.352 e. The van der Waals surface area contributed by atoms with E-state index in [2.05, 4.69) is 10.6 Å². The lowest BCUT2D eigenvalue weighted by atomic mass is 10.1. The van der Waals surface area contributed by atoms with Gasteiger partial charge in [0.15, 0.2) is 9.84 Å². The molecule has 2 aliphatic heterocycles. The Morgan fingerprint density at radius 3 is 2.90 bits per heavy atom.